The lowest BCUT2D eigenvalue weighted by Gasteiger charge is -2.44. The fourth-order valence-corrected chi connectivity index (χ4v) is 3.99. The summed E-state index contributed by atoms with van der Waals surface area (Å²) in [6.07, 6.45) is 3.20. The molecule has 2 aliphatic heterocycles. The number of aromatic nitrogens is 1. The van der Waals surface area contributed by atoms with Gasteiger partial charge in [0.25, 0.3) is 5.91 Å². The summed E-state index contributed by atoms with van der Waals surface area (Å²) in [6, 6.07) is 4.47. The number of nitrogens with one attached hydrogen (secondary N) is 1. The molecule has 3 rings (SSSR count). The highest BCUT2D eigenvalue weighted by atomic mass is 35.5. The fraction of sp³-hybridized carbons (Fsp3) is 0.647. The Bertz CT molecular complexity index is 588. The number of piperazine rings is 1. The molecule has 2 fully saturated rings. The molecule has 3 N–H and O–H groups in total. The average molecular weight is 352 g/mol. The molecular weight excluding hydrogens is 326 g/mol. The molecule has 1 atom stereocenters. The van der Waals surface area contributed by atoms with Gasteiger partial charge in [0.05, 0.1) is 5.56 Å². The van der Waals surface area contributed by atoms with Crippen molar-refractivity contribution in [3.8, 4) is 0 Å². The van der Waals surface area contributed by atoms with E-state index in [1.165, 1.54) is 6.42 Å². The molecule has 132 valence electrons. The Hall–Kier alpha value is -1.37. The van der Waals surface area contributed by atoms with Crippen LogP contribution >= 0.6 is 11.6 Å². The number of nitrogens with zero attached hydrogens (tertiary/aromatic N) is 3. The Morgan fingerprint density at radius 2 is 2.12 bits per heavy atom. The fourth-order valence-electron chi connectivity index (χ4n) is 3.84. The Morgan fingerprint density at radius 1 is 1.38 bits per heavy atom. The Balaban J connectivity index is 1.61. The van der Waals surface area contributed by atoms with E-state index in [-0.39, 0.29) is 11.7 Å². The summed E-state index contributed by atoms with van der Waals surface area (Å²) in [5, 5.41) is 3.79. The Labute approximate surface area is 148 Å². The second kappa shape index (κ2) is 7.68. The predicted octanol–water partition coefficient (Wildman–Crippen LogP) is 1.61. The van der Waals surface area contributed by atoms with E-state index in [9.17, 15) is 4.79 Å². The van der Waals surface area contributed by atoms with E-state index >= 15 is 0 Å². The van der Waals surface area contributed by atoms with Crippen LogP contribution in [0.4, 0.5) is 5.82 Å². The quantitative estimate of drug-likeness (QED) is 0.809. The average Bonchev–Trinajstić information content (AvgIpc) is 2.61. The highest BCUT2D eigenvalue weighted by Crippen LogP contribution is 2.23. The standard InChI is InChI=1S/C17H26ClN5O/c1-2-12-11-20-7-10-23(12)13-5-8-22(9-6-13)17(24)14-3-4-15(18)21-16(14)19/h3-4,12-13,20H,2,5-11H2,1H3,(H2,19,21)/t12-/m0/s1. The molecule has 0 aromatic carbocycles. The third kappa shape index (κ3) is 3.66. The molecule has 2 aliphatic rings. The van der Waals surface area contributed by atoms with Crippen molar-refractivity contribution in [2.24, 2.45) is 0 Å². The minimum Gasteiger partial charge on any atom is -0.383 e. The van der Waals surface area contributed by atoms with Crippen LogP contribution in [0.5, 0.6) is 0 Å². The number of carbonyl (C=O) groups is 1. The number of likely N-dealkylation sites (tertiary alicyclic amines) is 1. The molecule has 7 heteroatoms. The van der Waals surface area contributed by atoms with Crippen LogP contribution < -0.4 is 11.1 Å². The Kier molecular flexibility index (Phi) is 5.58. The molecule has 1 aromatic rings. The molecule has 1 aromatic heterocycles. The number of anilines is 1. The maximum Gasteiger partial charge on any atom is 0.257 e. The summed E-state index contributed by atoms with van der Waals surface area (Å²) in [6.45, 7) is 7.02. The molecule has 2 saturated heterocycles. The van der Waals surface area contributed by atoms with Crippen molar-refractivity contribution in [2.45, 2.75) is 38.3 Å². The van der Waals surface area contributed by atoms with Crippen molar-refractivity contribution < 1.29 is 4.79 Å². The van der Waals surface area contributed by atoms with Crippen LogP contribution in [-0.2, 0) is 0 Å². The van der Waals surface area contributed by atoms with E-state index in [2.05, 4.69) is 22.1 Å². The van der Waals surface area contributed by atoms with Crippen LogP contribution in [0.25, 0.3) is 0 Å². The molecule has 0 bridgehead atoms. The lowest BCUT2D eigenvalue weighted by Crippen LogP contribution is -2.57. The van der Waals surface area contributed by atoms with E-state index in [1.807, 2.05) is 4.90 Å². The van der Waals surface area contributed by atoms with Crippen LogP contribution in [0.15, 0.2) is 12.1 Å². The van der Waals surface area contributed by atoms with Gasteiger partial charge < -0.3 is 16.0 Å². The molecule has 0 aliphatic carbocycles. The van der Waals surface area contributed by atoms with Crippen LogP contribution in [0, 0.1) is 0 Å². The number of pyridine rings is 1. The zero-order valence-electron chi connectivity index (χ0n) is 14.2. The molecular formula is C17H26ClN5O. The number of piperidine rings is 1. The summed E-state index contributed by atoms with van der Waals surface area (Å²) in [5.41, 5.74) is 6.30. The third-order valence-electron chi connectivity index (χ3n) is 5.21. The minimum absolute atomic E-state index is 0.0394. The van der Waals surface area contributed by atoms with Crippen molar-refractivity contribution in [1.82, 2.24) is 20.1 Å². The van der Waals surface area contributed by atoms with Gasteiger partial charge in [-0.2, -0.15) is 0 Å². The molecule has 0 saturated carbocycles. The van der Waals surface area contributed by atoms with E-state index in [0.29, 0.717) is 22.8 Å². The van der Waals surface area contributed by atoms with Gasteiger partial charge in [-0.25, -0.2) is 4.98 Å². The zero-order chi connectivity index (χ0) is 17.1. The normalized spacial score (nSPS) is 23.4. The van der Waals surface area contributed by atoms with Gasteiger partial charge in [0.1, 0.15) is 11.0 Å². The van der Waals surface area contributed by atoms with Gasteiger partial charge in [0.15, 0.2) is 0 Å². The zero-order valence-corrected chi connectivity index (χ0v) is 14.9. The van der Waals surface area contributed by atoms with Gasteiger partial charge in [-0.3, -0.25) is 9.69 Å². The van der Waals surface area contributed by atoms with Crippen molar-refractivity contribution >= 4 is 23.3 Å². The predicted molar refractivity (Wildman–Crippen MR) is 96.2 cm³/mol. The first-order chi connectivity index (χ1) is 11.6. The number of hydrogen-bond donors (Lipinski definition) is 2. The van der Waals surface area contributed by atoms with Gasteiger partial charge in [-0.1, -0.05) is 18.5 Å². The van der Waals surface area contributed by atoms with Crippen LogP contribution in [0.1, 0.15) is 36.5 Å². The lowest BCUT2D eigenvalue weighted by atomic mass is 9.98. The number of hydrogen-bond acceptors (Lipinski definition) is 5. The maximum absolute atomic E-state index is 12.7. The molecule has 6 nitrogen and oxygen atoms in total. The largest absolute Gasteiger partial charge is 0.383 e. The monoisotopic (exact) mass is 351 g/mol. The van der Waals surface area contributed by atoms with E-state index in [1.54, 1.807) is 12.1 Å². The molecule has 0 unspecified atom stereocenters. The van der Waals surface area contributed by atoms with Crippen molar-refractivity contribution in [1.29, 1.82) is 0 Å². The molecule has 3 heterocycles. The topological polar surface area (TPSA) is 74.5 Å². The van der Waals surface area contributed by atoms with Crippen LogP contribution in [0.2, 0.25) is 5.15 Å². The first kappa shape index (κ1) is 17.5. The Morgan fingerprint density at radius 3 is 2.79 bits per heavy atom. The summed E-state index contributed by atoms with van der Waals surface area (Å²) >= 11 is 5.81. The molecule has 0 radical (unpaired) electrons. The van der Waals surface area contributed by atoms with Crippen molar-refractivity contribution in [3.05, 3.63) is 22.8 Å². The number of amides is 1. The van der Waals surface area contributed by atoms with E-state index < -0.39 is 0 Å². The number of nitrogen functional groups attached to an aromatic ring is 1. The number of rotatable bonds is 3. The summed E-state index contributed by atoms with van der Waals surface area (Å²) in [7, 11) is 0. The van der Waals surface area contributed by atoms with E-state index in [4.69, 9.17) is 17.3 Å². The second-order valence-corrected chi connectivity index (χ2v) is 6.98. The summed E-state index contributed by atoms with van der Waals surface area (Å²) < 4.78 is 0. The smallest absolute Gasteiger partial charge is 0.257 e. The second-order valence-electron chi connectivity index (χ2n) is 6.59. The highest BCUT2D eigenvalue weighted by Gasteiger charge is 2.32. The van der Waals surface area contributed by atoms with Crippen molar-refractivity contribution in [3.63, 3.8) is 0 Å². The van der Waals surface area contributed by atoms with Gasteiger partial charge in [-0.05, 0) is 31.4 Å². The number of carbonyl (C=O) groups excluding carboxylic acids is 1. The number of halogens is 1. The van der Waals surface area contributed by atoms with Crippen molar-refractivity contribution in [2.75, 3.05) is 38.5 Å². The van der Waals surface area contributed by atoms with Crippen LogP contribution in [-0.4, -0.2) is 65.5 Å². The molecule has 24 heavy (non-hydrogen) atoms. The molecule has 0 spiro atoms. The van der Waals surface area contributed by atoms with Gasteiger partial charge in [0, 0.05) is 44.8 Å². The van der Waals surface area contributed by atoms with Gasteiger partial charge in [0.2, 0.25) is 0 Å². The summed E-state index contributed by atoms with van der Waals surface area (Å²) in [5.74, 6) is 0.172. The first-order valence-corrected chi connectivity index (χ1v) is 9.15. The van der Waals surface area contributed by atoms with E-state index in [0.717, 1.165) is 45.6 Å². The van der Waals surface area contributed by atoms with Crippen LogP contribution in [0.3, 0.4) is 0 Å². The lowest BCUT2D eigenvalue weighted by molar-refractivity contribution is 0.0457. The highest BCUT2D eigenvalue weighted by molar-refractivity contribution is 6.29. The SMILES string of the molecule is CC[C@H]1CNCCN1C1CCN(C(=O)c2ccc(Cl)nc2N)CC1. The van der Waals surface area contributed by atoms with Gasteiger partial charge in [-0.15, -0.1) is 0 Å². The first-order valence-electron chi connectivity index (χ1n) is 8.78. The van der Waals surface area contributed by atoms with Gasteiger partial charge >= 0.3 is 0 Å². The number of nitrogens with two attached hydrogens (primary N) is 1. The summed E-state index contributed by atoms with van der Waals surface area (Å²) in [4.78, 5) is 21.2. The maximum atomic E-state index is 12.7. The third-order valence-corrected chi connectivity index (χ3v) is 5.42. The molecule has 1 amide bonds. The minimum atomic E-state index is -0.0394.